The van der Waals surface area contributed by atoms with Gasteiger partial charge in [0.2, 0.25) is 0 Å². The molecule has 0 bridgehead atoms. The van der Waals surface area contributed by atoms with Crippen LogP contribution in [0.4, 0.5) is 10.6 Å². The highest BCUT2D eigenvalue weighted by atomic mass is 16.4. The summed E-state index contributed by atoms with van der Waals surface area (Å²) in [7, 11) is 0. The number of fused-ring (bicyclic) bond motifs is 1. The van der Waals surface area contributed by atoms with Gasteiger partial charge in [-0.25, -0.2) is 19.7 Å². The van der Waals surface area contributed by atoms with Crippen LogP contribution in [0.2, 0.25) is 0 Å². The Kier molecular flexibility index (Phi) is 6.77. The van der Waals surface area contributed by atoms with Gasteiger partial charge >= 0.3 is 6.09 Å². The molecule has 6 rings (SSSR count). The number of aromatic nitrogens is 4. The fourth-order valence-electron chi connectivity index (χ4n) is 6.51. The Labute approximate surface area is 229 Å². The maximum absolute atomic E-state index is 11.3. The Hall–Kier alpha value is -3.49. The molecule has 9 heteroatoms. The van der Waals surface area contributed by atoms with E-state index in [0.29, 0.717) is 23.3 Å². The van der Waals surface area contributed by atoms with Gasteiger partial charge in [-0.1, -0.05) is 56.5 Å². The molecule has 3 fully saturated rings. The van der Waals surface area contributed by atoms with Gasteiger partial charge in [0, 0.05) is 12.6 Å². The fraction of sp³-hybridized carbons (Fsp3) is 0.567. The first-order valence-electron chi connectivity index (χ1n) is 14.5. The molecule has 39 heavy (non-hydrogen) atoms. The maximum atomic E-state index is 11.3. The number of nitrogens with two attached hydrogens (primary N) is 1. The van der Waals surface area contributed by atoms with Gasteiger partial charge in [-0.15, -0.1) is 0 Å². The van der Waals surface area contributed by atoms with E-state index >= 15 is 0 Å². The van der Waals surface area contributed by atoms with Crippen LogP contribution in [0.15, 0.2) is 35.3 Å². The highest BCUT2D eigenvalue weighted by molar-refractivity contribution is 6.01. The summed E-state index contributed by atoms with van der Waals surface area (Å²) in [6.07, 6.45) is 9.26. The molecule has 2 aromatic heterocycles. The van der Waals surface area contributed by atoms with Crippen molar-refractivity contribution < 1.29 is 9.90 Å². The van der Waals surface area contributed by atoms with E-state index in [1.54, 1.807) is 0 Å². The minimum atomic E-state index is -1.37. The molecule has 9 nitrogen and oxygen atoms in total. The van der Waals surface area contributed by atoms with E-state index in [4.69, 9.17) is 20.7 Å². The number of hydrogen-bond acceptors (Lipinski definition) is 5. The van der Waals surface area contributed by atoms with Crippen LogP contribution < -0.4 is 11.1 Å². The quantitative estimate of drug-likeness (QED) is 0.251. The van der Waals surface area contributed by atoms with Crippen molar-refractivity contribution in [3.63, 3.8) is 0 Å². The Morgan fingerprint density at radius 3 is 2.46 bits per heavy atom. The third kappa shape index (κ3) is 4.99. The summed E-state index contributed by atoms with van der Waals surface area (Å²) in [5.41, 5.74) is 8.63. The molecule has 1 aromatic carbocycles. The molecule has 4 N–H and O–H groups in total. The average Bonchev–Trinajstić information content (AvgIpc) is 3.60. The van der Waals surface area contributed by atoms with Gasteiger partial charge in [0.1, 0.15) is 11.3 Å². The molecular formula is C30H39N7O2. The number of amidine groups is 1. The van der Waals surface area contributed by atoms with Crippen molar-refractivity contribution in [2.45, 2.75) is 89.6 Å². The molecule has 0 radical (unpaired) electrons. The van der Waals surface area contributed by atoms with E-state index in [9.17, 15) is 9.90 Å². The number of amides is 1. The van der Waals surface area contributed by atoms with Gasteiger partial charge < -0.3 is 20.7 Å². The normalized spacial score (nSPS) is 23.8. The van der Waals surface area contributed by atoms with Gasteiger partial charge in [0.15, 0.2) is 23.1 Å². The van der Waals surface area contributed by atoms with Crippen LogP contribution in [-0.4, -0.2) is 42.6 Å². The van der Waals surface area contributed by atoms with Crippen LogP contribution in [0.25, 0.3) is 11.2 Å². The molecule has 3 saturated carbocycles. The number of rotatable bonds is 8. The highest BCUT2D eigenvalue weighted by Gasteiger charge is 2.50. The van der Waals surface area contributed by atoms with E-state index in [0.717, 1.165) is 36.6 Å². The number of nitrogens with zero attached hydrogens (tertiary/aromatic N) is 5. The second kappa shape index (κ2) is 10.2. The predicted octanol–water partition coefficient (Wildman–Crippen LogP) is 5.72. The number of imidazole rings is 1. The number of benzene rings is 1. The lowest BCUT2D eigenvalue weighted by atomic mass is 9.80. The minimum absolute atomic E-state index is 0.0976. The molecule has 0 spiro atoms. The average molecular weight is 530 g/mol. The van der Waals surface area contributed by atoms with E-state index in [-0.39, 0.29) is 23.1 Å². The molecular weight excluding hydrogens is 490 g/mol. The molecule has 0 aliphatic heterocycles. The number of nitrogens with one attached hydrogen (secondary N) is 1. The highest BCUT2D eigenvalue weighted by Crippen LogP contribution is 2.54. The SMILES string of the molecule is CC1CCC(Cn2c(C3(c4ccccc4)CC3)nc3nc(C(N)=NC(=O)O)nc(NC(C)C4CCC4)c32)CC1. The zero-order valence-electron chi connectivity index (χ0n) is 22.9. The number of carboxylic acid groups (broad SMARTS) is 1. The van der Waals surface area contributed by atoms with Crippen molar-refractivity contribution in [3.8, 4) is 0 Å². The monoisotopic (exact) mass is 529 g/mol. The van der Waals surface area contributed by atoms with Crippen molar-refractivity contribution in [2.24, 2.45) is 28.5 Å². The molecule has 2 heterocycles. The number of aliphatic imine (C=N–C) groups is 1. The molecule has 3 aromatic rings. The topological polar surface area (TPSA) is 131 Å². The zero-order chi connectivity index (χ0) is 27.1. The summed E-state index contributed by atoms with van der Waals surface area (Å²) >= 11 is 0. The molecule has 1 atom stereocenters. The van der Waals surface area contributed by atoms with Gasteiger partial charge in [0.05, 0.1) is 5.41 Å². The first kappa shape index (κ1) is 25.8. The standard InChI is InChI=1S/C30H39N7O2/c1-18-11-13-20(14-12-18)17-37-23-25(32-19(2)21-7-6-8-21)34-27(24(31)33-29(38)39)35-26(23)36-28(37)30(15-16-30)22-9-4-3-5-10-22/h3-5,9-10,18-21H,6-8,11-17H2,1-2H3,(H2,31,33)(H,38,39)(H,32,34,35). The Balaban J connectivity index is 1.52. The number of carbonyl (C=O) groups is 1. The van der Waals surface area contributed by atoms with Crippen molar-refractivity contribution in [1.29, 1.82) is 0 Å². The van der Waals surface area contributed by atoms with Crippen LogP contribution in [0.5, 0.6) is 0 Å². The third-order valence-corrected chi connectivity index (χ3v) is 9.35. The third-order valence-electron chi connectivity index (χ3n) is 9.35. The lowest BCUT2D eigenvalue weighted by Gasteiger charge is -2.32. The van der Waals surface area contributed by atoms with Gasteiger partial charge in [-0.3, -0.25) is 0 Å². The van der Waals surface area contributed by atoms with E-state index in [2.05, 4.69) is 59.1 Å². The van der Waals surface area contributed by atoms with Gasteiger partial charge in [-0.2, -0.15) is 4.99 Å². The summed E-state index contributed by atoms with van der Waals surface area (Å²) in [6.45, 7) is 5.43. The second-order valence-electron chi connectivity index (χ2n) is 12.1. The summed E-state index contributed by atoms with van der Waals surface area (Å²) in [6, 6.07) is 10.9. The summed E-state index contributed by atoms with van der Waals surface area (Å²) in [5.74, 6) is 3.51. The lowest BCUT2D eigenvalue weighted by Crippen LogP contribution is -2.32. The van der Waals surface area contributed by atoms with Gasteiger partial charge in [0.25, 0.3) is 0 Å². The van der Waals surface area contributed by atoms with Crippen molar-refractivity contribution in [2.75, 3.05) is 5.32 Å². The molecule has 0 saturated heterocycles. The Bertz CT molecular complexity index is 1380. The van der Waals surface area contributed by atoms with Crippen LogP contribution in [0.1, 0.15) is 88.8 Å². The van der Waals surface area contributed by atoms with E-state index in [1.807, 2.05) is 0 Å². The molecule has 3 aliphatic rings. The predicted molar refractivity (Wildman–Crippen MR) is 152 cm³/mol. The van der Waals surface area contributed by atoms with Crippen LogP contribution in [0, 0.1) is 17.8 Å². The molecule has 3 aliphatic carbocycles. The molecule has 206 valence electrons. The Morgan fingerprint density at radius 2 is 1.85 bits per heavy atom. The summed E-state index contributed by atoms with van der Waals surface area (Å²) in [4.78, 5) is 29.5. The fourth-order valence-corrected chi connectivity index (χ4v) is 6.51. The first-order valence-corrected chi connectivity index (χ1v) is 14.5. The minimum Gasteiger partial charge on any atom is -0.463 e. The van der Waals surface area contributed by atoms with Crippen LogP contribution in [-0.2, 0) is 12.0 Å². The van der Waals surface area contributed by atoms with Crippen molar-refractivity contribution >= 4 is 28.9 Å². The second-order valence-corrected chi connectivity index (χ2v) is 12.1. The molecule has 1 unspecified atom stereocenters. The van der Waals surface area contributed by atoms with Gasteiger partial charge in [-0.05, 0) is 68.8 Å². The van der Waals surface area contributed by atoms with Crippen molar-refractivity contribution in [3.05, 3.63) is 47.5 Å². The smallest absolute Gasteiger partial charge is 0.433 e. The zero-order valence-corrected chi connectivity index (χ0v) is 22.9. The van der Waals surface area contributed by atoms with Crippen molar-refractivity contribution in [1.82, 2.24) is 19.5 Å². The lowest BCUT2D eigenvalue weighted by molar-refractivity contribution is 0.205. The van der Waals surface area contributed by atoms with E-state index < -0.39 is 6.09 Å². The van der Waals surface area contributed by atoms with E-state index in [1.165, 1.54) is 50.5 Å². The Morgan fingerprint density at radius 1 is 1.13 bits per heavy atom. The molecule has 1 amide bonds. The largest absolute Gasteiger partial charge is 0.463 e. The van der Waals surface area contributed by atoms with Crippen LogP contribution >= 0.6 is 0 Å². The number of hydrogen-bond donors (Lipinski definition) is 3. The maximum Gasteiger partial charge on any atom is 0.433 e. The first-order chi connectivity index (χ1) is 18.8. The van der Waals surface area contributed by atoms with Crippen LogP contribution in [0.3, 0.4) is 0 Å². The summed E-state index contributed by atoms with van der Waals surface area (Å²) in [5, 5.41) is 12.9. The number of anilines is 1. The summed E-state index contributed by atoms with van der Waals surface area (Å²) < 4.78 is 2.39.